The van der Waals surface area contributed by atoms with E-state index in [4.69, 9.17) is 5.11 Å². The number of nitrogens with zero attached hydrogens (tertiary/aromatic N) is 1. The lowest BCUT2D eigenvalue weighted by atomic mass is 10.2. The molecule has 1 aromatic rings. The molecule has 1 atom stereocenters. The van der Waals surface area contributed by atoms with Crippen LogP contribution in [0, 0.1) is 12.7 Å². The second-order valence-electron chi connectivity index (χ2n) is 4.90. The third-order valence-corrected chi connectivity index (χ3v) is 4.59. The summed E-state index contributed by atoms with van der Waals surface area (Å²) in [5.41, 5.74) is 0.945. The molecule has 22 heavy (non-hydrogen) atoms. The van der Waals surface area contributed by atoms with Gasteiger partial charge >= 0.3 is 11.9 Å². The number of aliphatic carboxylic acids is 1. The van der Waals surface area contributed by atoms with Crippen molar-refractivity contribution in [3.8, 4) is 0 Å². The first-order chi connectivity index (χ1) is 10.4. The normalized spacial score (nSPS) is 17.9. The van der Waals surface area contributed by atoms with Crippen molar-refractivity contribution in [1.82, 2.24) is 4.90 Å². The Morgan fingerprint density at radius 3 is 2.68 bits per heavy atom. The molecule has 1 aromatic carbocycles. The summed E-state index contributed by atoms with van der Waals surface area (Å²) in [5, 5.41) is 11.0. The van der Waals surface area contributed by atoms with E-state index in [-0.39, 0.29) is 29.4 Å². The summed E-state index contributed by atoms with van der Waals surface area (Å²) >= 11 is 1.21. The van der Waals surface area contributed by atoms with Gasteiger partial charge in [0.05, 0.1) is 11.1 Å². The minimum absolute atomic E-state index is 0.158. The topological polar surface area (TPSA) is 86.7 Å². The Labute approximate surface area is 130 Å². The van der Waals surface area contributed by atoms with Crippen LogP contribution in [0.15, 0.2) is 18.2 Å². The highest BCUT2D eigenvalue weighted by Crippen LogP contribution is 2.24. The van der Waals surface area contributed by atoms with E-state index in [9.17, 15) is 18.8 Å². The smallest absolute Gasteiger partial charge is 0.394 e. The first-order valence-corrected chi connectivity index (χ1v) is 7.64. The van der Waals surface area contributed by atoms with Gasteiger partial charge in [-0.15, -0.1) is 11.8 Å². The van der Waals surface area contributed by atoms with Gasteiger partial charge < -0.3 is 15.3 Å². The van der Waals surface area contributed by atoms with E-state index in [0.717, 1.165) is 0 Å². The highest BCUT2D eigenvalue weighted by Gasteiger charge is 2.30. The zero-order valence-corrected chi connectivity index (χ0v) is 12.7. The summed E-state index contributed by atoms with van der Waals surface area (Å²) in [6, 6.07) is 4.31. The van der Waals surface area contributed by atoms with Crippen LogP contribution in [0.3, 0.4) is 0 Å². The molecule has 0 bridgehead atoms. The minimum atomic E-state index is -1.50. The molecule has 1 saturated heterocycles. The molecule has 118 valence electrons. The molecule has 0 saturated carbocycles. The second-order valence-corrected chi connectivity index (χ2v) is 6.06. The van der Waals surface area contributed by atoms with Gasteiger partial charge in [0.25, 0.3) is 0 Å². The largest absolute Gasteiger partial charge is 0.474 e. The fourth-order valence-electron chi connectivity index (χ4n) is 2.05. The number of carboxylic acids is 1. The van der Waals surface area contributed by atoms with Gasteiger partial charge in [0.2, 0.25) is 5.91 Å². The van der Waals surface area contributed by atoms with Gasteiger partial charge in [0, 0.05) is 12.2 Å². The molecule has 0 aliphatic carbocycles. The van der Waals surface area contributed by atoms with Crippen molar-refractivity contribution in [3.63, 3.8) is 0 Å². The van der Waals surface area contributed by atoms with Crippen molar-refractivity contribution < 1.29 is 23.9 Å². The lowest BCUT2D eigenvalue weighted by Crippen LogP contribution is -2.43. The molecule has 0 aromatic heterocycles. The molecule has 1 aliphatic heterocycles. The number of hydrogen-bond acceptors (Lipinski definition) is 4. The number of rotatable bonds is 2. The van der Waals surface area contributed by atoms with Crippen molar-refractivity contribution in [1.29, 1.82) is 0 Å². The van der Waals surface area contributed by atoms with Crippen LogP contribution in [-0.4, -0.2) is 45.5 Å². The molecule has 6 nitrogen and oxygen atoms in total. The summed E-state index contributed by atoms with van der Waals surface area (Å²) in [6.45, 7) is 1.83. The Morgan fingerprint density at radius 2 is 2.14 bits per heavy atom. The number of anilines is 1. The van der Waals surface area contributed by atoms with E-state index >= 15 is 0 Å². The van der Waals surface area contributed by atoms with Crippen molar-refractivity contribution in [3.05, 3.63) is 29.6 Å². The van der Waals surface area contributed by atoms with Crippen LogP contribution in [-0.2, 0) is 14.4 Å². The van der Waals surface area contributed by atoms with Gasteiger partial charge in [0.15, 0.2) is 0 Å². The molecule has 8 heteroatoms. The van der Waals surface area contributed by atoms with Crippen LogP contribution < -0.4 is 5.32 Å². The predicted molar refractivity (Wildman–Crippen MR) is 80.0 cm³/mol. The Kier molecular flexibility index (Phi) is 5.02. The minimum Gasteiger partial charge on any atom is -0.474 e. The van der Waals surface area contributed by atoms with E-state index < -0.39 is 11.9 Å². The fraction of sp³-hybridized carbons (Fsp3) is 0.357. The summed E-state index contributed by atoms with van der Waals surface area (Å²) in [6.07, 6.45) is 0.371. The molecule has 2 rings (SSSR count). The van der Waals surface area contributed by atoms with E-state index in [1.807, 2.05) is 0 Å². The highest BCUT2D eigenvalue weighted by molar-refractivity contribution is 8.00. The number of carbonyl (C=O) groups excluding carboxylic acids is 2. The van der Waals surface area contributed by atoms with E-state index in [2.05, 4.69) is 5.32 Å². The maximum atomic E-state index is 13.2. The molecule has 1 aliphatic rings. The number of hydrogen-bond donors (Lipinski definition) is 2. The number of benzene rings is 1. The number of thioether (sulfide) groups is 1. The number of halogens is 1. The Hall–Kier alpha value is -2.09. The van der Waals surface area contributed by atoms with Crippen LogP contribution in [0.5, 0.6) is 0 Å². The summed E-state index contributed by atoms with van der Waals surface area (Å²) in [7, 11) is 0. The maximum absolute atomic E-state index is 13.2. The van der Waals surface area contributed by atoms with Crippen LogP contribution in [0.2, 0.25) is 0 Å². The Balaban J connectivity index is 1.91. The van der Waals surface area contributed by atoms with E-state index in [1.54, 1.807) is 13.0 Å². The second kappa shape index (κ2) is 6.78. The zero-order valence-electron chi connectivity index (χ0n) is 11.8. The van der Waals surface area contributed by atoms with Gasteiger partial charge in [-0.05, 0) is 37.1 Å². The van der Waals surface area contributed by atoms with Gasteiger partial charge in [-0.2, -0.15) is 0 Å². The van der Waals surface area contributed by atoms with E-state index in [0.29, 0.717) is 17.7 Å². The maximum Gasteiger partial charge on any atom is 0.394 e. The molecule has 0 radical (unpaired) electrons. The molecule has 2 N–H and O–H groups in total. The standard InChI is InChI=1S/C14H15FN2O4S/c1-8-6-9(2-3-10(8)15)16-12(18)11-4-5-17(7-22-11)13(19)14(20)21/h2-3,6,11H,4-5,7H2,1H3,(H,16,18)(H,20,21)/t11-/m1/s1. The molecule has 0 unspecified atom stereocenters. The van der Waals surface area contributed by atoms with Crippen LogP contribution >= 0.6 is 11.8 Å². The number of nitrogens with one attached hydrogen (secondary N) is 1. The molecular weight excluding hydrogens is 311 g/mol. The molecular formula is C14H15FN2O4S. The van der Waals surface area contributed by atoms with Gasteiger partial charge in [-0.25, -0.2) is 9.18 Å². The number of carboxylic acid groups (broad SMARTS) is 1. The average Bonchev–Trinajstić information content (AvgIpc) is 2.50. The molecule has 2 amide bonds. The number of aryl methyl sites for hydroxylation is 1. The lowest BCUT2D eigenvalue weighted by molar-refractivity contribution is -0.155. The van der Waals surface area contributed by atoms with Crippen LogP contribution in [0.4, 0.5) is 10.1 Å². The first-order valence-electron chi connectivity index (χ1n) is 6.59. The Morgan fingerprint density at radius 1 is 1.41 bits per heavy atom. The van der Waals surface area contributed by atoms with Gasteiger partial charge in [-0.3, -0.25) is 9.59 Å². The number of carbonyl (C=O) groups is 3. The quantitative estimate of drug-likeness (QED) is 0.803. The summed E-state index contributed by atoms with van der Waals surface area (Å²) in [5.74, 6) is -2.87. The van der Waals surface area contributed by atoms with Crippen LogP contribution in [0.1, 0.15) is 12.0 Å². The third kappa shape index (κ3) is 3.76. The van der Waals surface area contributed by atoms with Crippen molar-refractivity contribution in [2.24, 2.45) is 0 Å². The average molecular weight is 326 g/mol. The fourth-order valence-corrected chi connectivity index (χ4v) is 3.14. The van der Waals surface area contributed by atoms with Crippen molar-refractivity contribution in [2.75, 3.05) is 17.7 Å². The first kappa shape index (κ1) is 16.3. The van der Waals surface area contributed by atoms with Crippen LogP contribution in [0.25, 0.3) is 0 Å². The van der Waals surface area contributed by atoms with Crippen molar-refractivity contribution in [2.45, 2.75) is 18.6 Å². The van der Waals surface area contributed by atoms with E-state index in [1.165, 1.54) is 28.8 Å². The molecule has 1 heterocycles. The Bertz CT molecular complexity index is 615. The highest BCUT2D eigenvalue weighted by atomic mass is 32.2. The summed E-state index contributed by atoms with van der Waals surface area (Å²) in [4.78, 5) is 35.2. The van der Waals surface area contributed by atoms with Gasteiger partial charge in [-0.1, -0.05) is 0 Å². The van der Waals surface area contributed by atoms with Gasteiger partial charge in [0.1, 0.15) is 5.82 Å². The third-order valence-electron chi connectivity index (χ3n) is 3.28. The molecule has 1 fully saturated rings. The predicted octanol–water partition coefficient (Wildman–Crippen LogP) is 1.45. The van der Waals surface area contributed by atoms with Crippen molar-refractivity contribution >= 4 is 35.2 Å². The summed E-state index contributed by atoms with van der Waals surface area (Å²) < 4.78 is 13.2. The zero-order chi connectivity index (χ0) is 16.3. The SMILES string of the molecule is Cc1cc(NC(=O)[C@H]2CCN(C(=O)C(=O)O)CS2)ccc1F. The molecule has 0 spiro atoms. The number of amides is 2. The lowest BCUT2D eigenvalue weighted by Gasteiger charge is -2.29. The monoisotopic (exact) mass is 326 g/mol.